The summed E-state index contributed by atoms with van der Waals surface area (Å²) in [5.74, 6) is 0.658. The first-order valence-corrected chi connectivity index (χ1v) is 5.45. The van der Waals surface area contributed by atoms with Crippen LogP contribution in [0, 0.1) is 13.8 Å². The summed E-state index contributed by atoms with van der Waals surface area (Å²) < 4.78 is 0. The van der Waals surface area contributed by atoms with Gasteiger partial charge in [-0.2, -0.15) is 0 Å². The first-order valence-electron chi connectivity index (χ1n) is 5.45. The summed E-state index contributed by atoms with van der Waals surface area (Å²) in [6.45, 7) is 8.33. The van der Waals surface area contributed by atoms with Crippen LogP contribution in [0.15, 0.2) is 23.2 Å². The molecule has 1 aromatic carbocycles. The fraction of sp³-hybridized carbons (Fsp3) is 0.462. The standard InChI is InChI=1S/C13H20N2/c1-5-11(4)15-13(14)12-8-9(2)6-7-10(12)3/h6-8,11H,5H2,1-4H3,(H2,14,15). The summed E-state index contributed by atoms with van der Waals surface area (Å²) in [6.07, 6.45) is 1.02. The van der Waals surface area contributed by atoms with Crippen molar-refractivity contribution in [1.29, 1.82) is 0 Å². The second-order valence-corrected chi connectivity index (χ2v) is 4.09. The van der Waals surface area contributed by atoms with Crippen molar-refractivity contribution in [2.45, 2.75) is 40.2 Å². The highest BCUT2D eigenvalue weighted by molar-refractivity contribution is 5.99. The van der Waals surface area contributed by atoms with Crippen molar-refractivity contribution in [3.05, 3.63) is 34.9 Å². The highest BCUT2D eigenvalue weighted by Gasteiger charge is 2.04. The van der Waals surface area contributed by atoms with Crippen molar-refractivity contribution in [1.82, 2.24) is 0 Å². The van der Waals surface area contributed by atoms with Crippen LogP contribution < -0.4 is 5.73 Å². The third-order valence-corrected chi connectivity index (χ3v) is 2.62. The molecule has 2 nitrogen and oxygen atoms in total. The average molecular weight is 204 g/mol. The summed E-state index contributed by atoms with van der Waals surface area (Å²) in [7, 11) is 0. The Morgan fingerprint density at radius 1 is 1.40 bits per heavy atom. The minimum Gasteiger partial charge on any atom is -0.383 e. The summed E-state index contributed by atoms with van der Waals surface area (Å²) >= 11 is 0. The van der Waals surface area contributed by atoms with E-state index in [0.717, 1.165) is 12.0 Å². The summed E-state index contributed by atoms with van der Waals surface area (Å²) in [5, 5.41) is 0. The summed E-state index contributed by atoms with van der Waals surface area (Å²) in [6, 6.07) is 6.57. The number of nitrogens with zero attached hydrogens (tertiary/aromatic N) is 1. The molecule has 0 spiro atoms. The van der Waals surface area contributed by atoms with Gasteiger partial charge in [0.05, 0.1) is 0 Å². The van der Waals surface area contributed by atoms with Gasteiger partial charge in [0.25, 0.3) is 0 Å². The maximum absolute atomic E-state index is 5.99. The Bertz CT molecular complexity index is 367. The first kappa shape index (κ1) is 11.8. The molecule has 1 rings (SSSR count). The van der Waals surface area contributed by atoms with E-state index in [9.17, 15) is 0 Å². The lowest BCUT2D eigenvalue weighted by atomic mass is 10.0. The van der Waals surface area contributed by atoms with Crippen LogP contribution in [0.4, 0.5) is 0 Å². The Hall–Kier alpha value is -1.31. The molecule has 0 heterocycles. The second-order valence-electron chi connectivity index (χ2n) is 4.09. The van der Waals surface area contributed by atoms with Gasteiger partial charge in [0.1, 0.15) is 5.84 Å². The molecule has 0 aliphatic heterocycles. The quantitative estimate of drug-likeness (QED) is 0.596. The number of aryl methyl sites for hydroxylation is 2. The van der Waals surface area contributed by atoms with Crippen LogP contribution in [-0.2, 0) is 0 Å². The lowest BCUT2D eigenvalue weighted by Gasteiger charge is -2.09. The smallest absolute Gasteiger partial charge is 0.126 e. The SMILES string of the molecule is CCC(C)N=C(N)c1cc(C)ccc1C. The third-order valence-electron chi connectivity index (χ3n) is 2.62. The molecule has 0 bridgehead atoms. The van der Waals surface area contributed by atoms with Gasteiger partial charge in [-0.1, -0.05) is 24.6 Å². The number of hydrogen-bond donors (Lipinski definition) is 1. The molecule has 0 aromatic heterocycles. The molecule has 0 radical (unpaired) electrons. The molecular formula is C13H20N2. The van der Waals surface area contributed by atoms with Gasteiger partial charge in [-0.05, 0) is 38.8 Å². The Labute approximate surface area is 92.2 Å². The molecule has 82 valence electrons. The second kappa shape index (κ2) is 4.96. The topological polar surface area (TPSA) is 38.4 Å². The van der Waals surface area contributed by atoms with Gasteiger partial charge in [0.15, 0.2) is 0 Å². The van der Waals surface area contributed by atoms with Crippen LogP contribution in [0.2, 0.25) is 0 Å². The van der Waals surface area contributed by atoms with E-state index in [4.69, 9.17) is 5.73 Å². The molecule has 0 amide bonds. The number of aliphatic imine (C=N–C) groups is 1. The molecule has 1 unspecified atom stereocenters. The van der Waals surface area contributed by atoms with Crippen molar-refractivity contribution >= 4 is 5.84 Å². The molecule has 1 aromatic rings. The number of benzene rings is 1. The zero-order chi connectivity index (χ0) is 11.4. The molecule has 0 fully saturated rings. The van der Waals surface area contributed by atoms with Crippen molar-refractivity contribution in [3.63, 3.8) is 0 Å². The van der Waals surface area contributed by atoms with Gasteiger partial charge in [-0.3, -0.25) is 4.99 Å². The van der Waals surface area contributed by atoms with E-state index in [-0.39, 0.29) is 0 Å². The third kappa shape index (κ3) is 3.08. The number of rotatable bonds is 3. The van der Waals surface area contributed by atoms with Crippen LogP contribution in [0.5, 0.6) is 0 Å². The van der Waals surface area contributed by atoms with Crippen LogP contribution in [0.25, 0.3) is 0 Å². The van der Waals surface area contributed by atoms with Crippen molar-refractivity contribution < 1.29 is 0 Å². The molecule has 0 saturated heterocycles. The van der Waals surface area contributed by atoms with E-state index < -0.39 is 0 Å². The Morgan fingerprint density at radius 3 is 2.67 bits per heavy atom. The zero-order valence-electron chi connectivity index (χ0n) is 10.0. The maximum atomic E-state index is 5.99. The van der Waals surface area contributed by atoms with Crippen molar-refractivity contribution in [3.8, 4) is 0 Å². The molecule has 2 heteroatoms. The highest BCUT2D eigenvalue weighted by Crippen LogP contribution is 2.11. The molecule has 15 heavy (non-hydrogen) atoms. The number of amidine groups is 1. The van der Waals surface area contributed by atoms with Crippen LogP contribution in [0.1, 0.15) is 37.0 Å². The monoisotopic (exact) mass is 204 g/mol. The Morgan fingerprint density at radius 2 is 2.07 bits per heavy atom. The van der Waals surface area contributed by atoms with Crippen LogP contribution >= 0.6 is 0 Å². The van der Waals surface area contributed by atoms with Crippen molar-refractivity contribution in [2.75, 3.05) is 0 Å². The number of nitrogens with two attached hydrogens (primary N) is 1. The lowest BCUT2D eigenvalue weighted by Crippen LogP contribution is -2.17. The van der Waals surface area contributed by atoms with Gasteiger partial charge in [0.2, 0.25) is 0 Å². The van der Waals surface area contributed by atoms with Gasteiger partial charge in [-0.15, -0.1) is 0 Å². The van der Waals surface area contributed by atoms with Crippen molar-refractivity contribution in [2.24, 2.45) is 10.7 Å². The van der Waals surface area contributed by atoms with E-state index in [0.29, 0.717) is 11.9 Å². The fourth-order valence-corrected chi connectivity index (χ4v) is 1.41. The van der Waals surface area contributed by atoms with Gasteiger partial charge < -0.3 is 5.73 Å². The molecular weight excluding hydrogens is 184 g/mol. The first-order chi connectivity index (χ1) is 7.04. The van der Waals surface area contributed by atoms with Gasteiger partial charge >= 0.3 is 0 Å². The summed E-state index contributed by atoms with van der Waals surface area (Å²) in [4.78, 5) is 4.46. The zero-order valence-corrected chi connectivity index (χ0v) is 10.0. The molecule has 0 aliphatic rings. The molecule has 1 atom stereocenters. The average Bonchev–Trinajstić information content (AvgIpc) is 2.21. The van der Waals surface area contributed by atoms with Crippen LogP contribution in [0.3, 0.4) is 0 Å². The van der Waals surface area contributed by atoms with Crippen LogP contribution in [-0.4, -0.2) is 11.9 Å². The minimum atomic E-state index is 0.296. The maximum Gasteiger partial charge on any atom is 0.126 e. The Balaban J connectivity index is 3.04. The summed E-state index contributed by atoms with van der Waals surface area (Å²) in [5.41, 5.74) is 9.46. The van der Waals surface area contributed by atoms with E-state index in [1.165, 1.54) is 11.1 Å². The van der Waals surface area contributed by atoms with E-state index in [1.807, 2.05) is 0 Å². The van der Waals surface area contributed by atoms with E-state index in [2.05, 4.69) is 50.9 Å². The van der Waals surface area contributed by atoms with E-state index >= 15 is 0 Å². The normalized spacial score (nSPS) is 14.0. The highest BCUT2D eigenvalue weighted by atomic mass is 14.9. The van der Waals surface area contributed by atoms with Gasteiger partial charge in [0, 0.05) is 11.6 Å². The lowest BCUT2D eigenvalue weighted by molar-refractivity contribution is 0.716. The molecule has 2 N–H and O–H groups in total. The predicted molar refractivity (Wildman–Crippen MR) is 66.4 cm³/mol. The fourth-order valence-electron chi connectivity index (χ4n) is 1.41. The Kier molecular flexibility index (Phi) is 3.89. The molecule has 0 aliphatic carbocycles. The van der Waals surface area contributed by atoms with E-state index in [1.54, 1.807) is 0 Å². The largest absolute Gasteiger partial charge is 0.383 e. The minimum absolute atomic E-state index is 0.296. The van der Waals surface area contributed by atoms with Gasteiger partial charge in [-0.25, -0.2) is 0 Å². The molecule has 0 saturated carbocycles. The number of hydrogen-bond acceptors (Lipinski definition) is 1. The predicted octanol–water partition coefficient (Wildman–Crippen LogP) is 2.81.